The molecule has 0 bridgehead atoms. The van der Waals surface area contributed by atoms with Gasteiger partial charge in [0.2, 0.25) is 0 Å². The van der Waals surface area contributed by atoms with Crippen LogP contribution in [0.4, 0.5) is 0 Å². The summed E-state index contributed by atoms with van der Waals surface area (Å²) < 4.78 is 8.04. The number of thioether (sulfide) groups is 1. The fourth-order valence-electron chi connectivity index (χ4n) is 3.45. The lowest BCUT2D eigenvalue weighted by atomic mass is 10.1. The van der Waals surface area contributed by atoms with E-state index in [2.05, 4.69) is 25.3 Å². The second-order valence-electron chi connectivity index (χ2n) is 6.92. The van der Waals surface area contributed by atoms with Gasteiger partial charge in [-0.1, -0.05) is 0 Å². The zero-order chi connectivity index (χ0) is 20.7. The highest BCUT2D eigenvalue weighted by molar-refractivity contribution is 7.98. The van der Waals surface area contributed by atoms with Crippen LogP contribution in [0.5, 0.6) is 5.75 Å². The van der Waals surface area contributed by atoms with E-state index < -0.39 is 0 Å². The summed E-state index contributed by atoms with van der Waals surface area (Å²) >= 11 is 1.57. The van der Waals surface area contributed by atoms with Crippen LogP contribution >= 0.6 is 11.8 Å². The van der Waals surface area contributed by atoms with Crippen LogP contribution in [-0.4, -0.2) is 41.2 Å². The zero-order valence-corrected chi connectivity index (χ0v) is 17.5. The molecule has 8 nitrogen and oxygen atoms in total. The molecule has 0 spiro atoms. The average molecular weight is 417 g/mol. The molecule has 1 N–H and O–H groups in total. The molecule has 4 aromatic heterocycles. The second-order valence-corrected chi connectivity index (χ2v) is 7.74. The number of benzene rings is 1. The molecule has 0 saturated carbocycles. The summed E-state index contributed by atoms with van der Waals surface area (Å²) in [6.07, 6.45) is 8.79. The van der Waals surface area contributed by atoms with Gasteiger partial charge in [0.05, 0.1) is 22.3 Å². The minimum absolute atomic E-state index is 0.303. The minimum atomic E-state index is -0.303. The summed E-state index contributed by atoms with van der Waals surface area (Å²) in [6, 6.07) is 7.83. The van der Waals surface area contributed by atoms with Gasteiger partial charge in [0.1, 0.15) is 28.8 Å². The quantitative estimate of drug-likeness (QED) is 0.429. The Balaban J connectivity index is 1.52. The van der Waals surface area contributed by atoms with Crippen LogP contribution in [0.3, 0.4) is 0 Å². The number of fused-ring (bicyclic) bond motifs is 2. The Morgan fingerprint density at radius 2 is 2.03 bits per heavy atom. The van der Waals surface area contributed by atoms with E-state index in [0.717, 1.165) is 49.7 Å². The van der Waals surface area contributed by atoms with Crippen molar-refractivity contribution in [1.29, 1.82) is 0 Å². The summed E-state index contributed by atoms with van der Waals surface area (Å²) in [5, 5.41) is 13.6. The maximum atomic E-state index is 6.28. The van der Waals surface area contributed by atoms with Gasteiger partial charge in [-0.15, -0.1) is 11.8 Å². The molecule has 5 aromatic rings. The predicted octanol–water partition coefficient (Wildman–Crippen LogP) is 4.16. The van der Waals surface area contributed by atoms with Crippen molar-refractivity contribution in [2.24, 2.45) is 7.05 Å². The van der Waals surface area contributed by atoms with Gasteiger partial charge in [0.15, 0.2) is 0 Å². The first-order valence-corrected chi connectivity index (χ1v) is 10.6. The lowest BCUT2D eigenvalue weighted by Crippen LogP contribution is -2.08. The molecule has 1 atom stereocenters. The number of rotatable bonds is 5. The van der Waals surface area contributed by atoms with Gasteiger partial charge in [-0.3, -0.25) is 19.7 Å². The highest BCUT2D eigenvalue weighted by Gasteiger charge is 2.18. The first-order valence-electron chi connectivity index (χ1n) is 9.42. The van der Waals surface area contributed by atoms with Crippen LogP contribution < -0.4 is 4.74 Å². The van der Waals surface area contributed by atoms with Crippen LogP contribution in [-0.2, 0) is 7.05 Å². The molecule has 1 aromatic carbocycles. The van der Waals surface area contributed by atoms with Gasteiger partial charge in [-0.05, 0) is 37.4 Å². The van der Waals surface area contributed by atoms with Crippen molar-refractivity contribution in [2.45, 2.75) is 18.1 Å². The molecule has 0 saturated heterocycles. The lowest BCUT2D eigenvalue weighted by molar-refractivity contribution is 0.223. The topological polar surface area (TPSA) is 94.4 Å². The largest absolute Gasteiger partial charge is 0.484 e. The Morgan fingerprint density at radius 3 is 2.83 bits per heavy atom. The maximum Gasteiger partial charge on any atom is 0.140 e. The molecule has 0 aliphatic rings. The van der Waals surface area contributed by atoms with Crippen LogP contribution in [0.15, 0.2) is 54.1 Å². The Labute approximate surface area is 176 Å². The number of pyridine rings is 1. The van der Waals surface area contributed by atoms with E-state index in [1.54, 1.807) is 35.0 Å². The van der Waals surface area contributed by atoms with Crippen molar-refractivity contribution < 1.29 is 4.74 Å². The van der Waals surface area contributed by atoms with Gasteiger partial charge in [-0.25, -0.2) is 4.98 Å². The second kappa shape index (κ2) is 7.42. The third-order valence-electron chi connectivity index (χ3n) is 4.88. The van der Waals surface area contributed by atoms with Crippen molar-refractivity contribution in [1.82, 2.24) is 34.9 Å². The Hall–Kier alpha value is -3.46. The van der Waals surface area contributed by atoms with E-state index >= 15 is 0 Å². The fourth-order valence-corrected chi connectivity index (χ4v) is 3.87. The minimum Gasteiger partial charge on any atom is -0.484 e. The number of aromatic nitrogens is 7. The molecule has 5 rings (SSSR count). The molecule has 30 heavy (non-hydrogen) atoms. The van der Waals surface area contributed by atoms with Gasteiger partial charge < -0.3 is 4.74 Å². The summed E-state index contributed by atoms with van der Waals surface area (Å²) in [5.74, 6) is 0.731. The molecule has 0 radical (unpaired) electrons. The van der Waals surface area contributed by atoms with Crippen LogP contribution in [0.25, 0.3) is 33.2 Å². The number of aryl methyl sites for hydroxylation is 1. The molecule has 0 fully saturated rings. The number of hydrogen-bond acceptors (Lipinski definition) is 7. The van der Waals surface area contributed by atoms with Crippen molar-refractivity contribution >= 4 is 33.7 Å². The van der Waals surface area contributed by atoms with Gasteiger partial charge in [-0.2, -0.15) is 10.2 Å². The van der Waals surface area contributed by atoms with E-state index in [0.29, 0.717) is 0 Å². The van der Waals surface area contributed by atoms with Crippen molar-refractivity contribution in [3.8, 4) is 17.0 Å². The molecule has 1 unspecified atom stereocenters. The average Bonchev–Trinajstić information content (AvgIpc) is 3.38. The van der Waals surface area contributed by atoms with Crippen LogP contribution in [0.1, 0.15) is 18.7 Å². The SMILES string of the molecule is CSc1cc2nccnc2c(C(C)Oc2ccc3[nH]nc(-c4cnn(C)c4)c3c2)n1. The number of H-pyrrole nitrogens is 1. The van der Waals surface area contributed by atoms with E-state index in [1.807, 2.05) is 50.7 Å². The molecule has 150 valence electrons. The van der Waals surface area contributed by atoms with E-state index in [4.69, 9.17) is 9.72 Å². The molecule has 0 aliphatic carbocycles. The van der Waals surface area contributed by atoms with Crippen molar-refractivity contribution in [3.63, 3.8) is 0 Å². The van der Waals surface area contributed by atoms with E-state index in [9.17, 15) is 0 Å². The van der Waals surface area contributed by atoms with Crippen molar-refractivity contribution in [3.05, 3.63) is 54.7 Å². The highest BCUT2D eigenvalue weighted by atomic mass is 32.2. The summed E-state index contributed by atoms with van der Waals surface area (Å²) in [6.45, 7) is 1.97. The lowest BCUT2D eigenvalue weighted by Gasteiger charge is -2.16. The maximum absolute atomic E-state index is 6.28. The molecule has 0 aliphatic heterocycles. The number of ether oxygens (including phenoxy) is 1. The van der Waals surface area contributed by atoms with Crippen LogP contribution in [0, 0.1) is 0 Å². The number of hydrogen-bond donors (Lipinski definition) is 1. The number of aromatic amines is 1. The van der Waals surface area contributed by atoms with Crippen LogP contribution in [0.2, 0.25) is 0 Å². The Morgan fingerprint density at radius 1 is 1.17 bits per heavy atom. The molecular weight excluding hydrogens is 398 g/mol. The first kappa shape index (κ1) is 18.6. The van der Waals surface area contributed by atoms with E-state index in [-0.39, 0.29) is 6.10 Å². The van der Waals surface area contributed by atoms with Gasteiger partial charge >= 0.3 is 0 Å². The third kappa shape index (κ3) is 3.26. The first-order chi connectivity index (χ1) is 14.6. The third-order valence-corrected chi connectivity index (χ3v) is 5.51. The normalized spacial score (nSPS) is 12.5. The Kier molecular flexibility index (Phi) is 4.59. The fraction of sp³-hybridized carbons (Fsp3) is 0.190. The molecule has 9 heteroatoms. The van der Waals surface area contributed by atoms with Crippen molar-refractivity contribution in [2.75, 3.05) is 6.26 Å². The summed E-state index contributed by atoms with van der Waals surface area (Å²) in [5.41, 5.74) is 5.06. The van der Waals surface area contributed by atoms with Gasteiger partial charge in [0.25, 0.3) is 0 Å². The molecule has 4 heterocycles. The molecular formula is C21H19N7OS. The standard InChI is InChI=1S/C21H19N7OS/c1-12(19-21-17(22-6-7-23-21)9-18(25-19)30-3)29-14-4-5-16-15(8-14)20(27-26-16)13-10-24-28(2)11-13/h4-12H,1-3H3,(H,26,27). The zero-order valence-electron chi connectivity index (χ0n) is 16.7. The number of nitrogens with one attached hydrogen (secondary N) is 1. The Bertz CT molecular complexity index is 1360. The monoisotopic (exact) mass is 417 g/mol. The summed E-state index contributed by atoms with van der Waals surface area (Å²) in [4.78, 5) is 13.6. The smallest absolute Gasteiger partial charge is 0.140 e. The highest BCUT2D eigenvalue weighted by Crippen LogP contribution is 2.32. The van der Waals surface area contributed by atoms with E-state index in [1.165, 1.54) is 0 Å². The van der Waals surface area contributed by atoms with Gasteiger partial charge in [0, 0.05) is 36.6 Å². The number of nitrogens with zero attached hydrogens (tertiary/aromatic N) is 6. The summed E-state index contributed by atoms with van der Waals surface area (Å²) in [7, 11) is 1.89. The predicted molar refractivity (Wildman–Crippen MR) is 116 cm³/mol. The molecule has 0 amide bonds.